The highest BCUT2D eigenvalue weighted by Gasteiger charge is 2.43. The SMILES string of the molecule is C=C(C)C1CCC(C)(O)C(N(C(C)C)C(C)C)C1. The first kappa shape index (κ1) is 15.7. The molecule has 0 saturated heterocycles. The summed E-state index contributed by atoms with van der Waals surface area (Å²) in [5.41, 5.74) is 0.698. The first-order valence-electron chi connectivity index (χ1n) is 7.32. The number of nitrogens with zero attached hydrogens (tertiary/aromatic N) is 1. The zero-order valence-corrected chi connectivity index (χ0v) is 13.0. The largest absolute Gasteiger partial charge is 0.389 e. The lowest BCUT2D eigenvalue weighted by Gasteiger charge is -2.50. The van der Waals surface area contributed by atoms with Crippen LogP contribution in [0.2, 0.25) is 0 Å². The second kappa shape index (κ2) is 5.75. The standard InChI is InChI=1S/C16H31NO/c1-11(2)14-8-9-16(7,18)15(10-14)17(12(3)4)13(5)6/h12-15,18H,1,8-10H2,2-7H3. The second-order valence-electron chi connectivity index (χ2n) is 6.83. The van der Waals surface area contributed by atoms with Gasteiger partial charge < -0.3 is 5.11 Å². The molecular formula is C16H31NO. The molecule has 2 heteroatoms. The fourth-order valence-electron chi connectivity index (χ4n) is 3.48. The summed E-state index contributed by atoms with van der Waals surface area (Å²) in [6.07, 6.45) is 2.99. The predicted molar refractivity (Wildman–Crippen MR) is 78.7 cm³/mol. The summed E-state index contributed by atoms with van der Waals surface area (Å²) < 4.78 is 0. The molecule has 0 aromatic heterocycles. The molecule has 1 N–H and O–H groups in total. The minimum atomic E-state index is -0.569. The summed E-state index contributed by atoms with van der Waals surface area (Å²) in [4.78, 5) is 2.47. The lowest BCUT2D eigenvalue weighted by molar-refractivity contribution is -0.0882. The van der Waals surface area contributed by atoms with E-state index in [4.69, 9.17) is 0 Å². The van der Waals surface area contributed by atoms with Crippen LogP contribution < -0.4 is 0 Å². The van der Waals surface area contributed by atoms with Gasteiger partial charge in [-0.2, -0.15) is 0 Å². The number of aliphatic hydroxyl groups is 1. The van der Waals surface area contributed by atoms with E-state index in [1.54, 1.807) is 0 Å². The van der Waals surface area contributed by atoms with Gasteiger partial charge in [0.05, 0.1) is 5.60 Å². The van der Waals surface area contributed by atoms with Crippen LogP contribution in [0.15, 0.2) is 12.2 Å². The number of allylic oxidation sites excluding steroid dienone is 1. The van der Waals surface area contributed by atoms with E-state index < -0.39 is 5.60 Å². The molecule has 0 radical (unpaired) electrons. The predicted octanol–water partition coefficient (Wildman–Crippen LogP) is 3.60. The maximum absolute atomic E-state index is 10.7. The van der Waals surface area contributed by atoms with Crippen LogP contribution in [0.5, 0.6) is 0 Å². The zero-order chi connectivity index (χ0) is 14.1. The maximum Gasteiger partial charge on any atom is 0.0774 e. The van der Waals surface area contributed by atoms with Crippen molar-refractivity contribution in [1.29, 1.82) is 0 Å². The summed E-state index contributed by atoms with van der Waals surface area (Å²) in [6.45, 7) is 17.1. The Hall–Kier alpha value is -0.340. The molecule has 0 spiro atoms. The Labute approximate surface area is 113 Å². The van der Waals surface area contributed by atoms with E-state index in [1.165, 1.54) is 5.57 Å². The Kier molecular flexibility index (Phi) is 5.02. The summed E-state index contributed by atoms with van der Waals surface area (Å²) in [7, 11) is 0. The van der Waals surface area contributed by atoms with Crippen molar-refractivity contribution in [2.75, 3.05) is 0 Å². The van der Waals surface area contributed by atoms with E-state index in [1.807, 2.05) is 6.92 Å². The highest BCUT2D eigenvalue weighted by atomic mass is 16.3. The Morgan fingerprint density at radius 2 is 1.78 bits per heavy atom. The van der Waals surface area contributed by atoms with Crippen molar-refractivity contribution < 1.29 is 5.11 Å². The van der Waals surface area contributed by atoms with Crippen molar-refractivity contribution in [3.8, 4) is 0 Å². The molecule has 18 heavy (non-hydrogen) atoms. The third kappa shape index (κ3) is 3.36. The summed E-state index contributed by atoms with van der Waals surface area (Å²) >= 11 is 0. The van der Waals surface area contributed by atoms with Crippen LogP contribution in [0, 0.1) is 5.92 Å². The van der Waals surface area contributed by atoms with E-state index in [0.717, 1.165) is 19.3 Å². The molecule has 0 amide bonds. The van der Waals surface area contributed by atoms with Crippen LogP contribution in [-0.2, 0) is 0 Å². The maximum atomic E-state index is 10.7. The van der Waals surface area contributed by atoms with Gasteiger partial charge in [-0.05, 0) is 66.7 Å². The fourth-order valence-corrected chi connectivity index (χ4v) is 3.48. The molecule has 0 aromatic rings. The van der Waals surface area contributed by atoms with Gasteiger partial charge in [0, 0.05) is 18.1 Å². The molecule has 0 bridgehead atoms. The van der Waals surface area contributed by atoms with Crippen LogP contribution in [0.4, 0.5) is 0 Å². The summed E-state index contributed by atoms with van der Waals surface area (Å²) in [5.74, 6) is 0.565. The van der Waals surface area contributed by atoms with E-state index in [9.17, 15) is 5.11 Å². The van der Waals surface area contributed by atoms with Gasteiger partial charge >= 0.3 is 0 Å². The molecule has 1 aliphatic rings. The van der Waals surface area contributed by atoms with Crippen molar-refractivity contribution in [2.45, 2.75) is 84.5 Å². The Bertz CT molecular complexity index is 285. The van der Waals surface area contributed by atoms with Gasteiger partial charge in [-0.1, -0.05) is 12.2 Å². The minimum Gasteiger partial charge on any atom is -0.389 e. The van der Waals surface area contributed by atoms with E-state index in [-0.39, 0.29) is 6.04 Å². The molecule has 3 unspecified atom stereocenters. The first-order chi connectivity index (χ1) is 8.16. The molecule has 1 aliphatic carbocycles. The van der Waals surface area contributed by atoms with Gasteiger partial charge in [-0.3, -0.25) is 4.90 Å². The quantitative estimate of drug-likeness (QED) is 0.774. The zero-order valence-electron chi connectivity index (χ0n) is 13.0. The topological polar surface area (TPSA) is 23.5 Å². The molecule has 1 fully saturated rings. The normalized spacial score (nSPS) is 33.4. The van der Waals surface area contributed by atoms with E-state index >= 15 is 0 Å². The van der Waals surface area contributed by atoms with Crippen molar-refractivity contribution in [2.24, 2.45) is 5.92 Å². The molecule has 2 nitrogen and oxygen atoms in total. The molecule has 0 aliphatic heterocycles. The van der Waals surface area contributed by atoms with Crippen LogP contribution >= 0.6 is 0 Å². The van der Waals surface area contributed by atoms with Gasteiger partial charge in [0.25, 0.3) is 0 Å². The van der Waals surface area contributed by atoms with Crippen molar-refractivity contribution >= 4 is 0 Å². The third-order valence-corrected chi connectivity index (χ3v) is 4.47. The minimum absolute atomic E-state index is 0.243. The molecule has 1 saturated carbocycles. The van der Waals surface area contributed by atoms with Crippen LogP contribution in [0.25, 0.3) is 0 Å². The van der Waals surface area contributed by atoms with Crippen molar-refractivity contribution in [1.82, 2.24) is 4.90 Å². The molecule has 0 aromatic carbocycles. The molecular weight excluding hydrogens is 222 g/mol. The number of rotatable bonds is 4. The number of hydrogen-bond donors (Lipinski definition) is 1. The smallest absolute Gasteiger partial charge is 0.0774 e. The number of hydrogen-bond acceptors (Lipinski definition) is 2. The molecule has 3 atom stereocenters. The van der Waals surface area contributed by atoms with Gasteiger partial charge in [-0.15, -0.1) is 0 Å². The Morgan fingerprint density at radius 1 is 1.28 bits per heavy atom. The van der Waals surface area contributed by atoms with Gasteiger partial charge in [-0.25, -0.2) is 0 Å². The van der Waals surface area contributed by atoms with Crippen molar-refractivity contribution in [3.63, 3.8) is 0 Å². The van der Waals surface area contributed by atoms with Crippen molar-refractivity contribution in [3.05, 3.63) is 12.2 Å². The Morgan fingerprint density at radius 3 is 2.17 bits per heavy atom. The highest BCUT2D eigenvalue weighted by molar-refractivity contribution is 5.06. The van der Waals surface area contributed by atoms with Crippen LogP contribution in [0.1, 0.15) is 60.8 Å². The fraction of sp³-hybridized carbons (Fsp3) is 0.875. The monoisotopic (exact) mass is 253 g/mol. The first-order valence-corrected chi connectivity index (χ1v) is 7.32. The van der Waals surface area contributed by atoms with E-state index in [2.05, 4.69) is 46.1 Å². The lowest BCUT2D eigenvalue weighted by Crippen LogP contribution is -2.58. The average Bonchev–Trinajstić information content (AvgIpc) is 2.19. The van der Waals surface area contributed by atoms with Gasteiger partial charge in [0.2, 0.25) is 0 Å². The van der Waals surface area contributed by atoms with Gasteiger partial charge in [0.15, 0.2) is 0 Å². The summed E-state index contributed by atoms with van der Waals surface area (Å²) in [5, 5.41) is 10.7. The summed E-state index contributed by atoms with van der Waals surface area (Å²) in [6, 6.07) is 1.17. The lowest BCUT2D eigenvalue weighted by atomic mass is 9.72. The third-order valence-electron chi connectivity index (χ3n) is 4.47. The average molecular weight is 253 g/mol. The van der Waals surface area contributed by atoms with Crippen LogP contribution in [0.3, 0.4) is 0 Å². The Balaban J connectivity index is 2.95. The van der Waals surface area contributed by atoms with Crippen LogP contribution in [-0.4, -0.2) is 33.7 Å². The molecule has 0 heterocycles. The van der Waals surface area contributed by atoms with Gasteiger partial charge in [0.1, 0.15) is 0 Å². The molecule has 106 valence electrons. The molecule has 1 rings (SSSR count). The van der Waals surface area contributed by atoms with E-state index in [0.29, 0.717) is 18.0 Å². The highest BCUT2D eigenvalue weighted by Crippen LogP contribution is 2.39. The second-order valence-corrected chi connectivity index (χ2v) is 6.83.